The molecule has 1 atom stereocenters. The first-order valence-electron chi connectivity index (χ1n) is 5.28. The molecule has 0 spiro atoms. The fourth-order valence-electron chi connectivity index (χ4n) is 1.62. The first-order valence-corrected chi connectivity index (χ1v) is 5.28. The lowest BCUT2D eigenvalue weighted by Gasteiger charge is -2.09. The van der Waals surface area contributed by atoms with Crippen LogP contribution in [-0.4, -0.2) is 5.78 Å². The molecule has 0 bridgehead atoms. The molecule has 76 valence electrons. The van der Waals surface area contributed by atoms with Crippen molar-refractivity contribution in [3.8, 4) is 0 Å². The van der Waals surface area contributed by atoms with E-state index in [4.69, 9.17) is 0 Å². The molecule has 0 aliphatic carbocycles. The predicted octanol–water partition coefficient (Wildman–Crippen LogP) is 3.23. The quantitative estimate of drug-likeness (QED) is 0.696. The van der Waals surface area contributed by atoms with Crippen molar-refractivity contribution >= 4 is 5.78 Å². The molecule has 0 N–H and O–H groups in total. The highest BCUT2D eigenvalue weighted by Crippen LogP contribution is 2.12. The predicted molar refractivity (Wildman–Crippen MR) is 59.2 cm³/mol. The lowest BCUT2D eigenvalue weighted by Crippen LogP contribution is -2.06. The molecule has 14 heavy (non-hydrogen) atoms. The molecular weight excluding hydrogens is 172 g/mol. The molecule has 1 aromatic rings. The average molecular weight is 190 g/mol. The van der Waals surface area contributed by atoms with Crippen LogP contribution in [0, 0.1) is 5.92 Å². The zero-order chi connectivity index (χ0) is 10.4. The van der Waals surface area contributed by atoms with Crippen molar-refractivity contribution in [3.05, 3.63) is 35.9 Å². The highest BCUT2D eigenvalue weighted by atomic mass is 16.1. The Labute approximate surface area is 86.1 Å². The van der Waals surface area contributed by atoms with Crippen LogP contribution in [0.25, 0.3) is 0 Å². The molecule has 0 saturated heterocycles. The number of carbonyl (C=O) groups excluding carboxylic acids is 1. The smallest absolute Gasteiger partial charge is 0.132 e. The monoisotopic (exact) mass is 190 g/mol. The van der Waals surface area contributed by atoms with Gasteiger partial charge in [-0.3, -0.25) is 4.79 Å². The van der Waals surface area contributed by atoms with Gasteiger partial charge < -0.3 is 0 Å². The van der Waals surface area contributed by atoms with Crippen LogP contribution in [0.4, 0.5) is 0 Å². The minimum Gasteiger partial charge on any atom is -0.300 e. The minimum absolute atomic E-state index is 0.369. The van der Waals surface area contributed by atoms with Gasteiger partial charge in [-0.05, 0) is 17.9 Å². The standard InChI is InChI=1S/C13H18O/c1-3-13(14)10-11(2)9-12-7-5-4-6-8-12/h4-8,11H,3,9-10H2,1-2H3/t11-/m1/s1. The van der Waals surface area contributed by atoms with Gasteiger partial charge in [-0.2, -0.15) is 0 Å². The van der Waals surface area contributed by atoms with Gasteiger partial charge in [0, 0.05) is 12.8 Å². The topological polar surface area (TPSA) is 17.1 Å². The van der Waals surface area contributed by atoms with Crippen molar-refractivity contribution in [2.24, 2.45) is 5.92 Å². The van der Waals surface area contributed by atoms with E-state index in [0.29, 0.717) is 24.5 Å². The van der Waals surface area contributed by atoms with Gasteiger partial charge in [0.15, 0.2) is 0 Å². The van der Waals surface area contributed by atoms with Crippen LogP contribution < -0.4 is 0 Å². The first-order chi connectivity index (χ1) is 6.72. The second kappa shape index (κ2) is 5.58. The summed E-state index contributed by atoms with van der Waals surface area (Å²) in [5.41, 5.74) is 1.32. The maximum Gasteiger partial charge on any atom is 0.132 e. The van der Waals surface area contributed by atoms with E-state index in [-0.39, 0.29) is 0 Å². The Morgan fingerprint density at radius 1 is 1.29 bits per heavy atom. The maximum absolute atomic E-state index is 11.2. The third-order valence-corrected chi connectivity index (χ3v) is 2.40. The summed E-state index contributed by atoms with van der Waals surface area (Å²) in [6.07, 6.45) is 2.39. The van der Waals surface area contributed by atoms with Crippen LogP contribution in [0.15, 0.2) is 30.3 Å². The maximum atomic E-state index is 11.2. The highest BCUT2D eigenvalue weighted by molar-refractivity contribution is 5.78. The van der Waals surface area contributed by atoms with Crippen molar-refractivity contribution in [2.75, 3.05) is 0 Å². The molecule has 0 fully saturated rings. The normalized spacial score (nSPS) is 12.4. The Kier molecular flexibility index (Phi) is 4.37. The van der Waals surface area contributed by atoms with E-state index in [9.17, 15) is 4.79 Å². The van der Waals surface area contributed by atoms with Crippen LogP contribution in [-0.2, 0) is 11.2 Å². The molecule has 0 aromatic heterocycles. The number of hydrogen-bond donors (Lipinski definition) is 0. The highest BCUT2D eigenvalue weighted by Gasteiger charge is 2.07. The molecule has 0 amide bonds. The molecule has 0 unspecified atom stereocenters. The van der Waals surface area contributed by atoms with E-state index in [0.717, 1.165) is 6.42 Å². The summed E-state index contributed by atoms with van der Waals surface area (Å²) < 4.78 is 0. The van der Waals surface area contributed by atoms with E-state index in [1.165, 1.54) is 5.56 Å². The number of hydrogen-bond acceptors (Lipinski definition) is 1. The van der Waals surface area contributed by atoms with Gasteiger partial charge in [0.2, 0.25) is 0 Å². The van der Waals surface area contributed by atoms with Gasteiger partial charge in [0.1, 0.15) is 5.78 Å². The second-order valence-corrected chi connectivity index (χ2v) is 3.89. The van der Waals surface area contributed by atoms with Crippen LogP contribution in [0.5, 0.6) is 0 Å². The largest absolute Gasteiger partial charge is 0.300 e. The van der Waals surface area contributed by atoms with Gasteiger partial charge in [0.25, 0.3) is 0 Å². The van der Waals surface area contributed by atoms with Gasteiger partial charge in [-0.15, -0.1) is 0 Å². The number of carbonyl (C=O) groups is 1. The fourth-order valence-corrected chi connectivity index (χ4v) is 1.62. The zero-order valence-corrected chi connectivity index (χ0v) is 8.99. The second-order valence-electron chi connectivity index (χ2n) is 3.89. The molecule has 0 radical (unpaired) electrons. The number of Topliss-reactive ketones (excluding diaryl/α,β-unsaturated/α-hetero) is 1. The van der Waals surface area contributed by atoms with Gasteiger partial charge >= 0.3 is 0 Å². The Morgan fingerprint density at radius 3 is 2.50 bits per heavy atom. The molecule has 1 heteroatoms. The molecule has 0 aliphatic rings. The van der Waals surface area contributed by atoms with Crippen LogP contribution >= 0.6 is 0 Å². The lowest BCUT2D eigenvalue weighted by molar-refractivity contribution is -0.119. The summed E-state index contributed by atoms with van der Waals surface area (Å²) in [5, 5.41) is 0. The van der Waals surface area contributed by atoms with Crippen LogP contribution in [0.2, 0.25) is 0 Å². The summed E-state index contributed by atoms with van der Waals surface area (Å²) in [4.78, 5) is 11.2. The van der Waals surface area contributed by atoms with Crippen molar-refractivity contribution in [2.45, 2.75) is 33.1 Å². The van der Waals surface area contributed by atoms with Crippen molar-refractivity contribution in [1.82, 2.24) is 0 Å². The number of benzene rings is 1. The summed E-state index contributed by atoms with van der Waals surface area (Å²) in [7, 11) is 0. The summed E-state index contributed by atoms with van der Waals surface area (Å²) >= 11 is 0. The van der Waals surface area contributed by atoms with Gasteiger partial charge in [-0.1, -0.05) is 44.2 Å². The Morgan fingerprint density at radius 2 is 1.93 bits per heavy atom. The van der Waals surface area contributed by atoms with Crippen molar-refractivity contribution in [3.63, 3.8) is 0 Å². The Balaban J connectivity index is 2.41. The van der Waals surface area contributed by atoms with Gasteiger partial charge in [0.05, 0.1) is 0 Å². The van der Waals surface area contributed by atoms with E-state index in [1.54, 1.807) is 0 Å². The molecule has 0 saturated carbocycles. The zero-order valence-electron chi connectivity index (χ0n) is 8.99. The lowest BCUT2D eigenvalue weighted by atomic mass is 9.95. The number of rotatable bonds is 5. The van der Waals surface area contributed by atoms with Crippen LogP contribution in [0.3, 0.4) is 0 Å². The molecule has 0 heterocycles. The molecular formula is C13H18O. The SMILES string of the molecule is CCC(=O)C[C@H](C)Cc1ccccc1. The molecule has 0 aliphatic heterocycles. The first kappa shape index (κ1) is 11.0. The average Bonchev–Trinajstić information content (AvgIpc) is 2.19. The van der Waals surface area contributed by atoms with E-state index in [2.05, 4.69) is 19.1 Å². The Hall–Kier alpha value is -1.11. The summed E-state index contributed by atoms with van der Waals surface area (Å²) in [5.74, 6) is 0.832. The third-order valence-electron chi connectivity index (χ3n) is 2.40. The summed E-state index contributed by atoms with van der Waals surface area (Å²) in [6, 6.07) is 10.3. The van der Waals surface area contributed by atoms with E-state index >= 15 is 0 Å². The van der Waals surface area contributed by atoms with Crippen LogP contribution in [0.1, 0.15) is 32.3 Å². The molecule has 1 rings (SSSR count). The van der Waals surface area contributed by atoms with Gasteiger partial charge in [-0.25, -0.2) is 0 Å². The molecule has 1 nitrogen and oxygen atoms in total. The van der Waals surface area contributed by atoms with E-state index < -0.39 is 0 Å². The fraction of sp³-hybridized carbons (Fsp3) is 0.462. The minimum atomic E-state index is 0.369. The Bertz CT molecular complexity index is 277. The van der Waals surface area contributed by atoms with Crippen molar-refractivity contribution < 1.29 is 4.79 Å². The number of ketones is 1. The molecule has 1 aromatic carbocycles. The van der Waals surface area contributed by atoms with E-state index in [1.807, 2.05) is 25.1 Å². The third kappa shape index (κ3) is 3.73. The van der Waals surface area contributed by atoms with Crippen molar-refractivity contribution in [1.29, 1.82) is 0 Å². The summed E-state index contributed by atoms with van der Waals surface area (Å²) in [6.45, 7) is 4.07.